The van der Waals surface area contributed by atoms with Gasteiger partial charge in [-0.25, -0.2) is 0 Å². The van der Waals surface area contributed by atoms with Gasteiger partial charge in [0.1, 0.15) is 0 Å². The lowest BCUT2D eigenvalue weighted by molar-refractivity contribution is 1.60. The Morgan fingerprint density at radius 2 is 2.09 bits per heavy atom. The van der Waals surface area contributed by atoms with Crippen molar-refractivity contribution >= 4 is 49.5 Å². The van der Waals surface area contributed by atoms with Gasteiger partial charge in [0.25, 0.3) is 0 Å². The zero-order valence-electron chi connectivity index (χ0n) is 5.52. The van der Waals surface area contributed by atoms with Crippen molar-refractivity contribution in [3.63, 3.8) is 0 Å². The van der Waals surface area contributed by atoms with Gasteiger partial charge >= 0.3 is 0 Å². The van der Waals surface area contributed by atoms with E-state index in [0.717, 1.165) is 15.1 Å². The van der Waals surface area contributed by atoms with E-state index in [-0.39, 0.29) is 0 Å². The van der Waals surface area contributed by atoms with Crippen molar-refractivity contribution in [3.05, 3.63) is 38.2 Å². The topological polar surface area (TPSA) is 0 Å². The normalized spacial score (nSPS) is 10.8. The molecule has 0 aromatic heterocycles. The molecule has 0 N–H and O–H groups in total. The Kier molecular flexibility index (Phi) is 3.63. The maximum absolute atomic E-state index is 5.78. The molecule has 58 valence electrons. The second-order valence-corrected chi connectivity index (χ2v) is 3.78. The Bertz CT molecular complexity index is 281. The van der Waals surface area contributed by atoms with Crippen molar-refractivity contribution in [3.8, 4) is 0 Å². The molecule has 1 aromatic carbocycles. The molecule has 3 heteroatoms. The first-order chi connectivity index (χ1) is 5.24. The lowest BCUT2D eigenvalue weighted by atomic mass is 10.2. The van der Waals surface area contributed by atoms with Gasteiger partial charge in [-0.3, -0.25) is 0 Å². The SMILES string of the molecule is Clc1ccc(Br)c(/C=C\Br)c1. The van der Waals surface area contributed by atoms with Crippen LogP contribution in [0.25, 0.3) is 6.08 Å². The summed E-state index contributed by atoms with van der Waals surface area (Å²) in [5.41, 5.74) is 1.06. The number of hydrogen-bond donors (Lipinski definition) is 0. The second kappa shape index (κ2) is 4.29. The van der Waals surface area contributed by atoms with E-state index in [1.54, 1.807) is 4.99 Å². The quantitative estimate of drug-likeness (QED) is 0.717. The molecule has 0 aliphatic rings. The Morgan fingerprint density at radius 3 is 2.73 bits per heavy atom. The van der Waals surface area contributed by atoms with Crippen LogP contribution in [0.1, 0.15) is 5.56 Å². The van der Waals surface area contributed by atoms with Crippen LogP contribution in [0.4, 0.5) is 0 Å². The molecule has 0 radical (unpaired) electrons. The van der Waals surface area contributed by atoms with Crippen molar-refractivity contribution in [2.45, 2.75) is 0 Å². The van der Waals surface area contributed by atoms with Gasteiger partial charge in [-0.15, -0.1) is 0 Å². The molecule has 0 atom stereocenters. The molecule has 0 unspecified atom stereocenters. The second-order valence-electron chi connectivity index (χ2n) is 1.96. The average molecular weight is 296 g/mol. The molecular weight excluding hydrogens is 291 g/mol. The predicted molar refractivity (Wildman–Crippen MR) is 57.1 cm³/mol. The third-order valence-electron chi connectivity index (χ3n) is 1.20. The molecule has 1 aromatic rings. The largest absolute Gasteiger partial charge is 0.0843 e. The standard InChI is InChI=1S/C8H5Br2Cl/c9-4-3-6-5-7(11)1-2-8(6)10/h1-5H/b4-3-. The molecule has 0 amide bonds. The summed E-state index contributed by atoms with van der Waals surface area (Å²) >= 11 is 12.4. The number of halogens is 3. The zero-order chi connectivity index (χ0) is 8.27. The van der Waals surface area contributed by atoms with Gasteiger partial charge in [-0.2, -0.15) is 0 Å². The van der Waals surface area contributed by atoms with Gasteiger partial charge in [0, 0.05) is 9.50 Å². The highest BCUT2D eigenvalue weighted by Crippen LogP contribution is 2.22. The molecule has 0 aliphatic heterocycles. The first-order valence-electron chi connectivity index (χ1n) is 2.96. The third-order valence-corrected chi connectivity index (χ3v) is 2.42. The smallest absolute Gasteiger partial charge is 0.0412 e. The number of hydrogen-bond acceptors (Lipinski definition) is 0. The maximum Gasteiger partial charge on any atom is 0.0412 e. The molecule has 0 saturated carbocycles. The molecule has 0 nitrogen and oxygen atoms in total. The van der Waals surface area contributed by atoms with Crippen LogP contribution in [0.2, 0.25) is 5.02 Å². The molecule has 0 saturated heterocycles. The highest BCUT2D eigenvalue weighted by Gasteiger charge is 1.95. The van der Waals surface area contributed by atoms with Crippen LogP contribution in [0.3, 0.4) is 0 Å². The Labute approximate surface area is 87.5 Å². The van der Waals surface area contributed by atoms with E-state index in [9.17, 15) is 0 Å². The summed E-state index contributed by atoms with van der Waals surface area (Å²) in [6.45, 7) is 0. The molecule has 0 bridgehead atoms. The van der Waals surface area contributed by atoms with Crippen LogP contribution in [0.15, 0.2) is 27.7 Å². The Morgan fingerprint density at radius 1 is 1.36 bits per heavy atom. The lowest BCUT2D eigenvalue weighted by Crippen LogP contribution is -1.73. The van der Waals surface area contributed by atoms with Crippen molar-refractivity contribution in [2.24, 2.45) is 0 Å². The van der Waals surface area contributed by atoms with E-state index < -0.39 is 0 Å². The van der Waals surface area contributed by atoms with Gasteiger partial charge in [0.15, 0.2) is 0 Å². The van der Waals surface area contributed by atoms with Gasteiger partial charge < -0.3 is 0 Å². The fraction of sp³-hybridized carbons (Fsp3) is 0. The van der Waals surface area contributed by atoms with Crippen LogP contribution in [0.5, 0.6) is 0 Å². The van der Waals surface area contributed by atoms with Gasteiger partial charge in [-0.05, 0) is 34.8 Å². The molecular formula is C8H5Br2Cl. The van der Waals surface area contributed by atoms with E-state index in [1.165, 1.54) is 0 Å². The van der Waals surface area contributed by atoms with E-state index in [2.05, 4.69) is 31.9 Å². The summed E-state index contributed by atoms with van der Waals surface area (Å²) in [7, 11) is 0. The highest BCUT2D eigenvalue weighted by atomic mass is 79.9. The molecule has 1 rings (SSSR count). The van der Waals surface area contributed by atoms with Gasteiger partial charge in [0.05, 0.1) is 0 Å². The molecule has 0 spiro atoms. The summed E-state index contributed by atoms with van der Waals surface area (Å²) in [5, 5.41) is 0.744. The van der Waals surface area contributed by atoms with Crippen LogP contribution < -0.4 is 0 Å². The van der Waals surface area contributed by atoms with Gasteiger partial charge in [0.2, 0.25) is 0 Å². The van der Waals surface area contributed by atoms with E-state index >= 15 is 0 Å². The van der Waals surface area contributed by atoms with Crippen LogP contribution in [-0.4, -0.2) is 0 Å². The van der Waals surface area contributed by atoms with E-state index in [0.29, 0.717) is 0 Å². The molecule has 11 heavy (non-hydrogen) atoms. The fourth-order valence-electron chi connectivity index (χ4n) is 0.710. The summed E-state index contributed by atoms with van der Waals surface area (Å²) in [6.07, 6.45) is 1.93. The minimum Gasteiger partial charge on any atom is -0.0843 e. The molecule has 0 fully saturated rings. The van der Waals surface area contributed by atoms with Crippen molar-refractivity contribution in [2.75, 3.05) is 0 Å². The minimum absolute atomic E-state index is 0.744. The number of benzene rings is 1. The first kappa shape index (κ1) is 9.30. The van der Waals surface area contributed by atoms with Crippen molar-refractivity contribution in [1.82, 2.24) is 0 Å². The van der Waals surface area contributed by atoms with Crippen LogP contribution in [0, 0.1) is 0 Å². The summed E-state index contributed by atoms with van der Waals surface area (Å²) in [5.74, 6) is 0. The van der Waals surface area contributed by atoms with Crippen LogP contribution in [-0.2, 0) is 0 Å². The predicted octanol–water partition coefficient (Wildman–Crippen LogP) is 4.47. The number of rotatable bonds is 1. The summed E-state index contributed by atoms with van der Waals surface area (Å²) in [4.78, 5) is 1.80. The third kappa shape index (κ3) is 2.62. The highest BCUT2D eigenvalue weighted by molar-refractivity contribution is 9.11. The maximum atomic E-state index is 5.78. The summed E-state index contributed by atoms with van der Waals surface area (Å²) in [6, 6.07) is 5.66. The van der Waals surface area contributed by atoms with Crippen LogP contribution >= 0.6 is 43.5 Å². The fourth-order valence-corrected chi connectivity index (χ4v) is 1.55. The Hall–Kier alpha value is 0.210. The molecule has 0 aliphatic carbocycles. The van der Waals surface area contributed by atoms with Crippen molar-refractivity contribution < 1.29 is 0 Å². The van der Waals surface area contributed by atoms with Crippen molar-refractivity contribution in [1.29, 1.82) is 0 Å². The van der Waals surface area contributed by atoms with E-state index in [4.69, 9.17) is 11.6 Å². The minimum atomic E-state index is 0.744. The first-order valence-corrected chi connectivity index (χ1v) is 5.04. The monoisotopic (exact) mass is 294 g/mol. The molecule has 0 heterocycles. The average Bonchev–Trinajstić information content (AvgIpc) is 1.98. The van der Waals surface area contributed by atoms with Gasteiger partial charge in [-0.1, -0.05) is 43.5 Å². The lowest BCUT2D eigenvalue weighted by Gasteiger charge is -1.97. The summed E-state index contributed by atoms with van der Waals surface area (Å²) < 4.78 is 1.04. The Balaban J connectivity index is 3.12. The van der Waals surface area contributed by atoms with E-state index in [1.807, 2.05) is 24.3 Å². The zero-order valence-corrected chi connectivity index (χ0v) is 9.45.